The third kappa shape index (κ3) is 1.68. The van der Waals surface area contributed by atoms with Crippen LogP contribution in [0.3, 0.4) is 0 Å². The summed E-state index contributed by atoms with van der Waals surface area (Å²) in [7, 11) is 0. The first-order valence-electron chi connectivity index (χ1n) is 5.51. The molecule has 0 N–H and O–H groups in total. The van der Waals surface area contributed by atoms with E-state index in [1.165, 1.54) is 25.1 Å². The lowest BCUT2D eigenvalue weighted by atomic mass is 9.96. The van der Waals surface area contributed by atoms with E-state index in [0.717, 1.165) is 23.2 Å². The van der Waals surface area contributed by atoms with Gasteiger partial charge in [0.15, 0.2) is 0 Å². The van der Waals surface area contributed by atoms with Gasteiger partial charge in [0.2, 0.25) is 0 Å². The third-order valence-corrected chi connectivity index (χ3v) is 3.80. The maximum absolute atomic E-state index is 5.68. The number of halogens is 1. The first-order valence-corrected chi connectivity index (χ1v) is 6.30. The maximum atomic E-state index is 5.68. The fourth-order valence-electron chi connectivity index (χ4n) is 2.38. The highest BCUT2D eigenvalue weighted by Gasteiger charge is 2.30. The second-order valence-corrected chi connectivity index (χ2v) is 5.14. The molecule has 0 amide bonds. The van der Waals surface area contributed by atoms with Crippen molar-refractivity contribution in [2.45, 2.75) is 18.9 Å². The zero-order valence-electron chi connectivity index (χ0n) is 8.58. The minimum atomic E-state index is 0.583. The summed E-state index contributed by atoms with van der Waals surface area (Å²) < 4.78 is 6.83. The molecule has 2 aliphatic rings. The molecular formula is C12H14BrNO. The van der Waals surface area contributed by atoms with Gasteiger partial charge in [-0.25, -0.2) is 0 Å². The highest BCUT2D eigenvalue weighted by atomic mass is 79.9. The molecular weight excluding hydrogens is 254 g/mol. The lowest BCUT2D eigenvalue weighted by Crippen LogP contribution is -2.42. The van der Waals surface area contributed by atoms with Gasteiger partial charge >= 0.3 is 0 Å². The summed E-state index contributed by atoms with van der Waals surface area (Å²) in [5.41, 5.74) is 1.36. The van der Waals surface area contributed by atoms with Crippen molar-refractivity contribution in [3.8, 4) is 5.75 Å². The average Bonchev–Trinajstić information content (AvgIpc) is 2.16. The van der Waals surface area contributed by atoms with Crippen LogP contribution in [0.5, 0.6) is 5.75 Å². The molecule has 15 heavy (non-hydrogen) atoms. The molecule has 1 aromatic rings. The van der Waals surface area contributed by atoms with Gasteiger partial charge in [-0.3, -0.25) is 4.90 Å². The summed E-state index contributed by atoms with van der Waals surface area (Å²) in [6, 6.07) is 6.92. The molecule has 3 heteroatoms. The van der Waals surface area contributed by atoms with Crippen LogP contribution in [0.4, 0.5) is 0 Å². The highest BCUT2D eigenvalue weighted by molar-refractivity contribution is 9.10. The SMILES string of the molecule is Brc1ccc2c(c1)C(N1CCC1)CCO2. The molecule has 0 aliphatic carbocycles. The van der Waals surface area contributed by atoms with Crippen LogP contribution in [0.15, 0.2) is 22.7 Å². The molecule has 0 aromatic heterocycles. The smallest absolute Gasteiger partial charge is 0.124 e. The minimum Gasteiger partial charge on any atom is -0.493 e. The summed E-state index contributed by atoms with van der Waals surface area (Å²) >= 11 is 3.53. The third-order valence-electron chi connectivity index (χ3n) is 3.31. The fraction of sp³-hybridized carbons (Fsp3) is 0.500. The van der Waals surface area contributed by atoms with Gasteiger partial charge in [0.1, 0.15) is 5.75 Å². The number of hydrogen-bond donors (Lipinski definition) is 0. The molecule has 2 aliphatic heterocycles. The maximum Gasteiger partial charge on any atom is 0.124 e. The highest BCUT2D eigenvalue weighted by Crippen LogP contribution is 2.39. The first kappa shape index (κ1) is 9.67. The van der Waals surface area contributed by atoms with E-state index in [-0.39, 0.29) is 0 Å². The minimum absolute atomic E-state index is 0.583. The van der Waals surface area contributed by atoms with Crippen LogP contribution in [-0.4, -0.2) is 24.6 Å². The Kier molecular flexibility index (Phi) is 2.45. The molecule has 1 saturated heterocycles. The van der Waals surface area contributed by atoms with Crippen LogP contribution in [0.2, 0.25) is 0 Å². The number of benzene rings is 1. The Labute approximate surface area is 98.4 Å². The zero-order chi connectivity index (χ0) is 10.3. The monoisotopic (exact) mass is 267 g/mol. The number of likely N-dealkylation sites (tertiary alicyclic amines) is 1. The molecule has 3 rings (SSSR count). The van der Waals surface area contributed by atoms with Crippen LogP contribution in [0.1, 0.15) is 24.4 Å². The molecule has 1 aromatic carbocycles. The standard InChI is InChI=1S/C12H14BrNO/c13-9-2-3-12-10(8-9)11(4-7-15-12)14-5-1-6-14/h2-3,8,11H,1,4-7H2. The Hall–Kier alpha value is -0.540. The quantitative estimate of drug-likeness (QED) is 0.776. The summed E-state index contributed by atoms with van der Waals surface area (Å²) in [4.78, 5) is 2.55. The van der Waals surface area contributed by atoms with Gasteiger partial charge in [-0.05, 0) is 37.7 Å². The fourth-order valence-corrected chi connectivity index (χ4v) is 2.76. The van der Waals surface area contributed by atoms with Gasteiger partial charge in [-0.2, -0.15) is 0 Å². The van der Waals surface area contributed by atoms with Gasteiger partial charge in [0.25, 0.3) is 0 Å². The molecule has 1 atom stereocenters. The number of hydrogen-bond acceptors (Lipinski definition) is 2. The van der Waals surface area contributed by atoms with Crippen molar-refractivity contribution in [1.29, 1.82) is 0 Å². The lowest BCUT2D eigenvalue weighted by molar-refractivity contribution is 0.0841. The van der Waals surface area contributed by atoms with E-state index in [9.17, 15) is 0 Å². The summed E-state index contributed by atoms with van der Waals surface area (Å²) in [6.07, 6.45) is 2.48. The topological polar surface area (TPSA) is 12.5 Å². The van der Waals surface area contributed by atoms with Crippen molar-refractivity contribution in [1.82, 2.24) is 4.90 Å². The molecule has 0 bridgehead atoms. The Morgan fingerprint density at radius 3 is 2.93 bits per heavy atom. The largest absolute Gasteiger partial charge is 0.493 e. The predicted molar refractivity (Wildman–Crippen MR) is 63.2 cm³/mol. The van der Waals surface area contributed by atoms with Crippen molar-refractivity contribution in [2.24, 2.45) is 0 Å². The van der Waals surface area contributed by atoms with Crippen molar-refractivity contribution in [3.63, 3.8) is 0 Å². The second kappa shape index (κ2) is 3.80. The van der Waals surface area contributed by atoms with Crippen LogP contribution in [0, 0.1) is 0 Å². The molecule has 2 heterocycles. The Balaban J connectivity index is 1.96. The summed E-state index contributed by atoms with van der Waals surface area (Å²) in [6.45, 7) is 3.35. The molecule has 0 saturated carbocycles. The number of fused-ring (bicyclic) bond motifs is 1. The molecule has 0 spiro atoms. The van der Waals surface area contributed by atoms with Crippen molar-refractivity contribution in [3.05, 3.63) is 28.2 Å². The summed E-state index contributed by atoms with van der Waals surface area (Å²) in [5, 5.41) is 0. The molecule has 2 nitrogen and oxygen atoms in total. The van der Waals surface area contributed by atoms with Gasteiger partial charge in [0, 0.05) is 22.5 Å². The number of ether oxygens (including phenoxy) is 1. The molecule has 1 unspecified atom stereocenters. The van der Waals surface area contributed by atoms with Gasteiger partial charge in [0.05, 0.1) is 6.61 Å². The predicted octanol–water partition coefficient (Wildman–Crippen LogP) is 2.98. The van der Waals surface area contributed by atoms with Crippen LogP contribution >= 0.6 is 15.9 Å². The molecule has 0 radical (unpaired) electrons. The van der Waals surface area contributed by atoms with Crippen LogP contribution < -0.4 is 4.74 Å². The van der Waals surface area contributed by atoms with E-state index in [1.54, 1.807) is 0 Å². The van der Waals surface area contributed by atoms with Crippen LogP contribution in [-0.2, 0) is 0 Å². The molecule has 80 valence electrons. The van der Waals surface area contributed by atoms with Gasteiger partial charge in [-0.1, -0.05) is 15.9 Å². The first-order chi connectivity index (χ1) is 7.34. The Morgan fingerprint density at radius 2 is 2.20 bits per heavy atom. The normalized spacial score (nSPS) is 25.3. The van der Waals surface area contributed by atoms with Gasteiger partial charge in [-0.15, -0.1) is 0 Å². The van der Waals surface area contributed by atoms with E-state index < -0.39 is 0 Å². The average molecular weight is 268 g/mol. The van der Waals surface area contributed by atoms with E-state index >= 15 is 0 Å². The number of nitrogens with zero attached hydrogens (tertiary/aromatic N) is 1. The Bertz CT molecular complexity index is 376. The lowest BCUT2D eigenvalue weighted by Gasteiger charge is -2.41. The van der Waals surface area contributed by atoms with Crippen molar-refractivity contribution in [2.75, 3.05) is 19.7 Å². The van der Waals surface area contributed by atoms with E-state index in [2.05, 4.69) is 39.0 Å². The summed E-state index contributed by atoms with van der Waals surface area (Å²) in [5.74, 6) is 1.07. The van der Waals surface area contributed by atoms with E-state index in [4.69, 9.17) is 4.74 Å². The Morgan fingerprint density at radius 1 is 1.33 bits per heavy atom. The van der Waals surface area contributed by atoms with Crippen molar-refractivity contribution >= 4 is 15.9 Å². The van der Waals surface area contributed by atoms with Crippen molar-refractivity contribution < 1.29 is 4.74 Å². The van der Waals surface area contributed by atoms with E-state index in [1.807, 2.05) is 0 Å². The van der Waals surface area contributed by atoms with Gasteiger partial charge < -0.3 is 4.74 Å². The zero-order valence-corrected chi connectivity index (χ0v) is 10.2. The van der Waals surface area contributed by atoms with Crippen LogP contribution in [0.25, 0.3) is 0 Å². The molecule has 1 fully saturated rings. The number of rotatable bonds is 1. The second-order valence-electron chi connectivity index (χ2n) is 4.22. The van der Waals surface area contributed by atoms with E-state index in [0.29, 0.717) is 6.04 Å².